The summed E-state index contributed by atoms with van der Waals surface area (Å²) < 4.78 is 0. The van der Waals surface area contributed by atoms with Crippen molar-refractivity contribution in [2.75, 3.05) is 24.5 Å². The molecule has 0 saturated carbocycles. The lowest BCUT2D eigenvalue weighted by Gasteiger charge is -2.27. The van der Waals surface area contributed by atoms with Gasteiger partial charge in [0.05, 0.1) is 5.56 Å². The van der Waals surface area contributed by atoms with Crippen LogP contribution in [-0.4, -0.2) is 30.5 Å². The van der Waals surface area contributed by atoms with Crippen LogP contribution < -0.4 is 10.2 Å². The van der Waals surface area contributed by atoms with E-state index in [2.05, 4.69) is 63.7 Å². The van der Waals surface area contributed by atoms with Gasteiger partial charge in [-0.15, -0.1) is 0 Å². The minimum absolute atomic E-state index is 0.0624. The topological polar surface area (TPSA) is 45.2 Å². The molecule has 4 heteroatoms. The molecule has 0 aliphatic carbocycles. The zero-order valence-corrected chi connectivity index (χ0v) is 17.3. The Morgan fingerprint density at radius 3 is 2.07 bits per heavy atom. The lowest BCUT2D eigenvalue weighted by Crippen LogP contribution is -2.30. The van der Waals surface area contributed by atoms with Gasteiger partial charge in [0.2, 0.25) is 0 Å². The van der Waals surface area contributed by atoms with Crippen LogP contribution in [0, 0.1) is 0 Å². The molecule has 0 bridgehead atoms. The van der Waals surface area contributed by atoms with Crippen molar-refractivity contribution in [3.8, 4) is 0 Å². The summed E-state index contributed by atoms with van der Waals surface area (Å²) in [7, 11) is 0. The van der Waals surface area contributed by atoms with Crippen LogP contribution in [0.1, 0.15) is 53.1 Å². The maximum absolute atomic E-state index is 12.6. The van der Waals surface area contributed by atoms with Crippen LogP contribution in [0.4, 0.5) is 5.82 Å². The number of amides is 1. The van der Waals surface area contributed by atoms with E-state index in [0.717, 1.165) is 25.3 Å². The number of carbonyl (C=O) groups is 1. The fraction of sp³-hybridized carbons (Fsp3) is 0.308. The standard InChI is InChI=1S/C26H29N3O/c30-26(23-14-15-25(28-20-23)29-18-8-3-9-19-29)27-17-16-24(21-10-4-1-5-11-21)22-12-6-2-7-13-22/h1-2,4-7,10-15,20,24H,3,8-9,16-19H2,(H,27,30). The normalized spacial score (nSPS) is 14.0. The number of nitrogens with zero attached hydrogens (tertiary/aromatic N) is 2. The van der Waals surface area contributed by atoms with Gasteiger partial charge in [-0.05, 0) is 48.9 Å². The number of hydrogen-bond donors (Lipinski definition) is 1. The van der Waals surface area contributed by atoms with Crippen LogP contribution in [0.25, 0.3) is 0 Å². The third-order valence-corrected chi connectivity index (χ3v) is 5.81. The number of nitrogens with one attached hydrogen (secondary N) is 1. The van der Waals surface area contributed by atoms with E-state index in [-0.39, 0.29) is 11.8 Å². The van der Waals surface area contributed by atoms with Gasteiger partial charge in [-0.3, -0.25) is 4.79 Å². The van der Waals surface area contributed by atoms with Crippen LogP contribution in [-0.2, 0) is 0 Å². The van der Waals surface area contributed by atoms with Crippen LogP contribution >= 0.6 is 0 Å². The molecule has 1 N–H and O–H groups in total. The van der Waals surface area contributed by atoms with Crippen molar-refractivity contribution >= 4 is 11.7 Å². The molecule has 1 aromatic heterocycles. The fourth-order valence-corrected chi connectivity index (χ4v) is 4.16. The quantitative estimate of drug-likeness (QED) is 0.606. The molecule has 2 heterocycles. The Hall–Kier alpha value is -3.14. The lowest BCUT2D eigenvalue weighted by molar-refractivity contribution is 0.0952. The van der Waals surface area contributed by atoms with E-state index in [1.54, 1.807) is 6.20 Å². The highest BCUT2D eigenvalue weighted by atomic mass is 16.1. The molecule has 30 heavy (non-hydrogen) atoms. The smallest absolute Gasteiger partial charge is 0.252 e. The first-order chi connectivity index (χ1) is 14.8. The van der Waals surface area contributed by atoms with E-state index in [1.807, 2.05) is 24.3 Å². The van der Waals surface area contributed by atoms with Crippen LogP contribution in [0.15, 0.2) is 79.0 Å². The monoisotopic (exact) mass is 399 g/mol. The zero-order chi connectivity index (χ0) is 20.6. The summed E-state index contributed by atoms with van der Waals surface area (Å²) in [6, 6.07) is 24.8. The molecule has 1 amide bonds. The number of piperidine rings is 1. The summed E-state index contributed by atoms with van der Waals surface area (Å²) in [6.07, 6.45) is 6.27. The molecular formula is C26H29N3O. The Kier molecular flexibility index (Phi) is 6.75. The third kappa shape index (κ3) is 5.07. The lowest BCUT2D eigenvalue weighted by atomic mass is 9.88. The van der Waals surface area contributed by atoms with Crippen molar-refractivity contribution in [2.24, 2.45) is 0 Å². The average molecular weight is 400 g/mol. The summed E-state index contributed by atoms with van der Waals surface area (Å²) >= 11 is 0. The Bertz CT molecular complexity index is 880. The number of hydrogen-bond acceptors (Lipinski definition) is 3. The zero-order valence-electron chi connectivity index (χ0n) is 17.3. The molecule has 0 unspecified atom stereocenters. The molecule has 154 valence electrons. The number of aromatic nitrogens is 1. The Morgan fingerprint density at radius 2 is 1.50 bits per heavy atom. The molecule has 2 aromatic carbocycles. The second-order valence-corrected chi connectivity index (χ2v) is 7.87. The van der Waals surface area contributed by atoms with E-state index in [1.165, 1.54) is 30.4 Å². The van der Waals surface area contributed by atoms with E-state index in [4.69, 9.17) is 0 Å². The molecule has 3 aromatic rings. The maximum atomic E-state index is 12.6. The minimum Gasteiger partial charge on any atom is -0.357 e. The molecule has 1 fully saturated rings. The molecular weight excluding hydrogens is 370 g/mol. The van der Waals surface area contributed by atoms with Crippen molar-refractivity contribution < 1.29 is 4.79 Å². The van der Waals surface area contributed by atoms with Gasteiger partial charge in [0.25, 0.3) is 5.91 Å². The Labute approximate surface area is 179 Å². The maximum Gasteiger partial charge on any atom is 0.252 e. The molecule has 0 atom stereocenters. The number of anilines is 1. The average Bonchev–Trinajstić information content (AvgIpc) is 2.83. The number of carbonyl (C=O) groups excluding carboxylic acids is 1. The molecule has 4 nitrogen and oxygen atoms in total. The van der Waals surface area contributed by atoms with Crippen molar-refractivity contribution in [1.82, 2.24) is 10.3 Å². The van der Waals surface area contributed by atoms with Crippen molar-refractivity contribution in [1.29, 1.82) is 0 Å². The van der Waals surface area contributed by atoms with Gasteiger partial charge in [-0.25, -0.2) is 4.98 Å². The van der Waals surface area contributed by atoms with Crippen LogP contribution in [0.2, 0.25) is 0 Å². The predicted octanol–water partition coefficient (Wildman–Crippen LogP) is 5.02. The number of benzene rings is 2. The first kappa shape index (κ1) is 20.1. The molecule has 4 rings (SSSR count). The van der Waals surface area contributed by atoms with Crippen LogP contribution in [0.3, 0.4) is 0 Å². The van der Waals surface area contributed by atoms with Crippen LogP contribution in [0.5, 0.6) is 0 Å². The summed E-state index contributed by atoms with van der Waals surface area (Å²) in [6.45, 7) is 2.72. The summed E-state index contributed by atoms with van der Waals surface area (Å²) in [5.74, 6) is 1.17. The van der Waals surface area contributed by atoms with Gasteiger partial charge in [0.15, 0.2) is 0 Å². The fourth-order valence-electron chi connectivity index (χ4n) is 4.16. The summed E-state index contributed by atoms with van der Waals surface area (Å²) in [5.41, 5.74) is 3.16. The van der Waals surface area contributed by atoms with Gasteiger partial charge in [-0.1, -0.05) is 60.7 Å². The van der Waals surface area contributed by atoms with E-state index in [0.29, 0.717) is 12.1 Å². The highest BCUT2D eigenvalue weighted by Crippen LogP contribution is 2.27. The molecule has 1 saturated heterocycles. The molecule has 0 radical (unpaired) electrons. The highest BCUT2D eigenvalue weighted by molar-refractivity contribution is 5.94. The largest absolute Gasteiger partial charge is 0.357 e. The summed E-state index contributed by atoms with van der Waals surface area (Å²) in [4.78, 5) is 19.5. The van der Waals surface area contributed by atoms with E-state index >= 15 is 0 Å². The Balaban J connectivity index is 1.36. The minimum atomic E-state index is -0.0624. The SMILES string of the molecule is O=C(NCCC(c1ccccc1)c1ccccc1)c1ccc(N2CCCCC2)nc1. The van der Waals surface area contributed by atoms with Gasteiger partial charge < -0.3 is 10.2 Å². The molecule has 1 aliphatic heterocycles. The van der Waals surface area contributed by atoms with Crippen molar-refractivity contribution in [2.45, 2.75) is 31.6 Å². The number of rotatable bonds is 7. The van der Waals surface area contributed by atoms with E-state index < -0.39 is 0 Å². The predicted molar refractivity (Wildman–Crippen MR) is 122 cm³/mol. The second kappa shape index (κ2) is 10.1. The van der Waals surface area contributed by atoms with Crippen molar-refractivity contribution in [3.05, 3.63) is 95.7 Å². The highest BCUT2D eigenvalue weighted by Gasteiger charge is 2.16. The molecule has 0 spiro atoms. The van der Waals surface area contributed by atoms with E-state index in [9.17, 15) is 4.79 Å². The van der Waals surface area contributed by atoms with Gasteiger partial charge >= 0.3 is 0 Å². The number of pyridine rings is 1. The van der Waals surface area contributed by atoms with Gasteiger partial charge in [0.1, 0.15) is 5.82 Å². The summed E-state index contributed by atoms with van der Waals surface area (Å²) in [5, 5.41) is 3.08. The van der Waals surface area contributed by atoms with Gasteiger partial charge in [-0.2, -0.15) is 0 Å². The molecule has 1 aliphatic rings. The first-order valence-corrected chi connectivity index (χ1v) is 10.9. The van der Waals surface area contributed by atoms with Crippen molar-refractivity contribution in [3.63, 3.8) is 0 Å². The van der Waals surface area contributed by atoms with Gasteiger partial charge in [0, 0.05) is 31.7 Å². The second-order valence-electron chi connectivity index (χ2n) is 7.87. The Morgan fingerprint density at radius 1 is 0.867 bits per heavy atom. The third-order valence-electron chi connectivity index (χ3n) is 5.81. The first-order valence-electron chi connectivity index (χ1n) is 10.9.